The van der Waals surface area contributed by atoms with E-state index in [-0.39, 0.29) is 16.6 Å². The number of anilines is 1. The topological polar surface area (TPSA) is 89.3 Å². The Labute approximate surface area is 124 Å². The summed E-state index contributed by atoms with van der Waals surface area (Å²) in [6.07, 6.45) is 1.64. The highest BCUT2D eigenvalue weighted by Gasteiger charge is 2.30. The molecule has 118 valence electrons. The number of amides is 1. The van der Waals surface area contributed by atoms with Crippen molar-refractivity contribution in [3.63, 3.8) is 0 Å². The number of carbonyl (C=O) groups is 1. The Kier molecular flexibility index (Phi) is 5.71. The van der Waals surface area contributed by atoms with E-state index in [9.17, 15) is 17.6 Å². The average Bonchev–Trinajstić information content (AvgIpc) is 2.40. The molecule has 7 heteroatoms. The van der Waals surface area contributed by atoms with Crippen molar-refractivity contribution < 1.29 is 17.6 Å². The lowest BCUT2D eigenvalue weighted by molar-refractivity contribution is -0.121. The number of hydrogen-bond acceptors (Lipinski definition) is 4. The molecule has 3 N–H and O–H groups in total. The Morgan fingerprint density at radius 1 is 1.38 bits per heavy atom. The minimum absolute atomic E-state index is 0.108. The zero-order chi connectivity index (χ0) is 16.2. The first-order valence-corrected chi connectivity index (χ1v) is 8.34. The largest absolute Gasteiger partial charge is 0.396 e. The summed E-state index contributed by atoms with van der Waals surface area (Å²) >= 11 is 0. The molecular formula is C14H21FN2O3S. The fourth-order valence-corrected chi connectivity index (χ4v) is 3.18. The third-order valence-electron chi connectivity index (χ3n) is 3.25. The van der Waals surface area contributed by atoms with E-state index in [2.05, 4.69) is 5.32 Å². The molecule has 1 amide bonds. The average molecular weight is 316 g/mol. The van der Waals surface area contributed by atoms with Gasteiger partial charge in [-0.3, -0.25) is 4.79 Å². The van der Waals surface area contributed by atoms with Crippen LogP contribution < -0.4 is 11.1 Å². The van der Waals surface area contributed by atoms with Crippen molar-refractivity contribution in [1.29, 1.82) is 0 Å². The van der Waals surface area contributed by atoms with Gasteiger partial charge >= 0.3 is 0 Å². The molecule has 1 aromatic rings. The molecule has 21 heavy (non-hydrogen) atoms. The number of nitrogens with one attached hydrogen (secondary N) is 1. The zero-order valence-corrected chi connectivity index (χ0v) is 13.2. The second-order valence-corrected chi connectivity index (χ2v) is 7.34. The molecule has 5 nitrogen and oxygen atoms in total. The molecule has 0 saturated heterocycles. The van der Waals surface area contributed by atoms with Crippen LogP contribution in [0.2, 0.25) is 0 Å². The molecule has 2 atom stereocenters. The summed E-state index contributed by atoms with van der Waals surface area (Å²) in [6, 6.07) is 3.10. The summed E-state index contributed by atoms with van der Waals surface area (Å²) in [5.41, 5.74) is 5.18. The van der Waals surface area contributed by atoms with Gasteiger partial charge in [0.05, 0.1) is 10.6 Å². The number of hydrogen-bond donors (Lipinski definition) is 2. The Morgan fingerprint density at radius 2 is 2.00 bits per heavy atom. The summed E-state index contributed by atoms with van der Waals surface area (Å²) < 4.78 is 38.0. The molecule has 0 fully saturated rings. The van der Waals surface area contributed by atoms with Crippen LogP contribution in [0.25, 0.3) is 0 Å². The number of halogens is 1. The molecule has 0 aliphatic carbocycles. The van der Waals surface area contributed by atoms with Crippen molar-refractivity contribution in [3.05, 3.63) is 24.0 Å². The van der Waals surface area contributed by atoms with Crippen molar-refractivity contribution >= 4 is 21.4 Å². The highest BCUT2D eigenvalue weighted by atomic mass is 32.2. The van der Waals surface area contributed by atoms with Crippen LogP contribution in [-0.4, -0.2) is 25.6 Å². The molecule has 0 aliphatic rings. The maximum absolute atomic E-state index is 13.4. The van der Waals surface area contributed by atoms with Crippen LogP contribution in [0.15, 0.2) is 23.1 Å². The first-order valence-electron chi connectivity index (χ1n) is 6.79. The quantitative estimate of drug-likeness (QED) is 0.784. The number of nitrogen functional groups attached to an aromatic ring is 1. The van der Waals surface area contributed by atoms with Gasteiger partial charge in [0.25, 0.3) is 0 Å². The minimum Gasteiger partial charge on any atom is -0.396 e. The van der Waals surface area contributed by atoms with Gasteiger partial charge < -0.3 is 11.1 Å². The zero-order valence-electron chi connectivity index (χ0n) is 12.4. The van der Waals surface area contributed by atoms with E-state index in [4.69, 9.17) is 5.73 Å². The van der Waals surface area contributed by atoms with Crippen LogP contribution in [0, 0.1) is 5.82 Å². The van der Waals surface area contributed by atoms with Gasteiger partial charge in [-0.15, -0.1) is 0 Å². The summed E-state index contributed by atoms with van der Waals surface area (Å²) in [5, 5.41) is 1.35. The molecular weight excluding hydrogens is 295 g/mol. The fraction of sp³-hybridized carbons (Fsp3) is 0.500. The van der Waals surface area contributed by atoms with Crippen LogP contribution >= 0.6 is 0 Å². The summed E-state index contributed by atoms with van der Waals surface area (Å²) in [7, 11) is -3.95. The van der Waals surface area contributed by atoms with E-state index >= 15 is 0 Å². The summed E-state index contributed by atoms with van der Waals surface area (Å²) in [6.45, 7) is 5.07. The molecule has 0 bridgehead atoms. The van der Waals surface area contributed by atoms with E-state index < -0.39 is 26.8 Å². The number of benzene rings is 1. The molecule has 0 heterocycles. The third-order valence-corrected chi connectivity index (χ3v) is 5.30. The molecule has 0 aliphatic heterocycles. The van der Waals surface area contributed by atoms with Crippen molar-refractivity contribution in [2.75, 3.05) is 5.73 Å². The van der Waals surface area contributed by atoms with Crippen LogP contribution in [-0.2, 0) is 14.6 Å². The number of carbonyl (C=O) groups excluding carboxylic acids is 1. The van der Waals surface area contributed by atoms with E-state index in [0.717, 1.165) is 18.9 Å². The molecule has 1 rings (SSSR count). The van der Waals surface area contributed by atoms with Gasteiger partial charge in [-0.1, -0.05) is 13.3 Å². The summed E-state index contributed by atoms with van der Waals surface area (Å²) in [5.74, 6) is -1.41. The number of sulfone groups is 1. The standard InChI is InChI=1S/C14H21FN2O3S/c1-4-5-9(2)17-14(18)10(3)21(19,20)11-6-7-13(16)12(15)8-11/h6-10H,4-5,16H2,1-3H3,(H,17,18). The van der Waals surface area contributed by atoms with Crippen molar-refractivity contribution in [2.24, 2.45) is 0 Å². The highest BCUT2D eigenvalue weighted by molar-refractivity contribution is 7.92. The number of rotatable bonds is 6. The van der Waals surface area contributed by atoms with Crippen molar-refractivity contribution in [3.8, 4) is 0 Å². The lowest BCUT2D eigenvalue weighted by Gasteiger charge is -2.17. The van der Waals surface area contributed by atoms with Crippen molar-refractivity contribution in [2.45, 2.75) is 49.8 Å². The van der Waals surface area contributed by atoms with Crippen LogP contribution in [0.1, 0.15) is 33.6 Å². The Bertz CT molecular complexity index is 617. The van der Waals surface area contributed by atoms with E-state index in [1.807, 2.05) is 13.8 Å². The minimum atomic E-state index is -3.95. The normalized spacial score (nSPS) is 14.5. The predicted octanol–water partition coefficient (Wildman–Crippen LogP) is 1.87. The van der Waals surface area contributed by atoms with Gasteiger partial charge in [-0.05, 0) is 38.5 Å². The molecule has 0 radical (unpaired) electrons. The van der Waals surface area contributed by atoms with Gasteiger partial charge in [0.1, 0.15) is 11.1 Å². The SMILES string of the molecule is CCCC(C)NC(=O)C(C)S(=O)(=O)c1ccc(N)c(F)c1. The first kappa shape index (κ1) is 17.4. The molecule has 0 saturated carbocycles. The van der Waals surface area contributed by atoms with Crippen LogP contribution in [0.5, 0.6) is 0 Å². The third kappa shape index (κ3) is 4.17. The predicted molar refractivity (Wildman–Crippen MR) is 80.0 cm³/mol. The Hall–Kier alpha value is -1.63. The second kappa shape index (κ2) is 6.89. The van der Waals surface area contributed by atoms with E-state index in [1.165, 1.54) is 19.1 Å². The van der Waals surface area contributed by atoms with Gasteiger partial charge in [0, 0.05) is 6.04 Å². The Balaban J connectivity index is 2.95. The first-order chi connectivity index (χ1) is 9.70. The molecule has 2 unspecified atom stereocenters. The fourth-order valence-electron chi connectivity index (χ4n) is 1.90. The molecule has 0 aromatic heterocycles. The van der Waals surface area contributed by atoms with Gasteiger partial charge in [0.15, 0.2) is 9.84 Å². The highest BCUT2D eigenvalue weighted by Crippen LogP contribution is 2.20. The second-order valence-electron chi connectivity index (χ2n) is 5.07. The summed E-state index contributed by atoms with van der Waals surface area (Å²) in [4.78, 5) is 11.7. The Morgan fingerprint density at radius 3 is 2.52 bits per heavy atom. The van der Waals surface area contributed by atoms with Crippen LogP contribution in [0.4, 0.5) is 10.1 Å². The van der Waals surface area contributed by atoms with Gasteiger partial charge in [0.2, 0.25) is 5.91 Å². The maximum atomic E-state index is 13.4. The number of nitrogens with two attached hydrogens (primary N) is 1. The maximum Gasteiger partial charge on any atom is 0.238 e. The van der Waals surface area contributed by atoms with Crippen molar-refractivity contribution in [1.82, 2.24) is 5.32 Å². The van der Waals surface area contributed by atoms with E-state index in [0.29, 0.717) is 0 Å². The molecule has 0 spiro atoms. The lowest BCUT2D eigenvalue weighted by atomic mass is 10.2. The monoisotopic (exact) mass is 316 g/mol. The van der Waals surface area contributed by atoms with Crippen LogP contribution in [0.3, 0.4) is 0 Å². The van der Waals surface area contributed by atoms with Gasteiger partial charge in [-0.25, -0.2) is 12.8 Å². The smallest absolute Gasteiger partial charge is 0.238 e. The van der Waals surface area contributed by atoms with E-state index in [1.54, 1.807) is 0 Å². The lowest BCUT2D eigenvalue weighted by Crippen LogP contribution is -2.42. The van der Waals surface area contributed by atoms with Gasteiger partial charge in [-0.2, -0.15) is 0 Å². The molecule has 1 aromatic carbocycles.